The molecule has 1 aliphatic heterocycles. The van der Waals surface area contributed by atoms with Crippen LogP contribution in [-0.2, 0) is 9.53 Å². The molecule has 0 spiro atoms. The van der Waals surface area contributed by atoms with Gasteiger partial charge >= 0.3 is 5.97 Å². The van der Waals surface area contributed by atoms with E-state index >= 15 is 0 Å². The molecule has 14 heavy (non-hydrogen) atoms. The lowest BCUT2D eigenvalue weighted by Crippen LogP contribution is -2.37. The molecule has 2 aliphatic carbocycles. The highest BCUT2D eigenvalue weighted by Crippen LogP contribution is 2.70. The molecule has 2 nitrogen and oxygen atoms in total. The van der Waals surface area contributed by atoms with E-state index in [0.717, 1.165) is 0 Å². The molecule has 2 heteroatoms. The number of hydrogen-bond acceptors (Lipinski definition) is 2. The second-order valence-corrected chi connectivity index (χ2v) is 6.06. The fraction of sp³-hybridized carbons (Fsp3) is 0.917. The van der Waals surface area contributed by atoms with Gasteiger partial charge in [0.15, 0.2) is 0 Å². The molecule has 1 heterocycles. The molecule has 0 radical (unpaired) electrons. The molecule has 4 unspecified atom stereocenters. The van der Waals surface area contributed by atoms with Gasteiger partial charge in [-0.3, -0.25) is 4.79 Å². The monoisotopic (exact) mass is 194 g/mol. The summed E-state index contributed by atoms with van der Waals surface area (Å²) in [5.41, 5.74) is 0.609. The summed E-state index contributed by atoms with van der Waals surface area (Å²) in [4.78, 5) is 11.3. The molecule has 4 atom stereocenters. The van der Waals surface area contributed by atoms with E-state index in [1.807, 2.05) is 0 Å². The molecule has 1 saturated heterocycles. The van der Waals surface area contributed by atoms with E-state index < -0.39 is 0 Å². The first-order chi connectivity index (χ1) is 6.47. The van der Waals surface area contributed by atoms with Crippen molar-refractivity contribution < 1.29 is 9.53 Å². The van der Waals surface area contributed by atoms with Gasteiger partial charge in [0.25, 0.3) is 0 Å². The van der Waals surface area contributed by atoms with Gasteiger partial charge in [-0.25, -0.2) is 0 Å². The Bertz CT molecular complexity index is 307. The fourth-order valence-electron chi connectivity index (χ4n) is 4.35. The molecule has 2 bridgehead atoms. The van der Waals surface area contributed by atoms with Gasteiger partial charge in [-0.15, -0.1) is 0 Å². The van der Waals surface area contributed by atoms with Crippen LogP contribution in [0, 0.1) is 22.7 Å². The van der Waals surface area contributed by atoms with Crippen LogP contribution in [0.3, 0.4) is 0 Å². The molecular formula is C12H18O2. The molecule has 3 aliphatic rings. The van der Waals surface area contributed by atoms with Crippen molar-refractivity contribution in [2.45, 2.75) is 46.1 Å². The van der Waals surface area contributed by atoms with Crippen molar-refractivity contribution >= 4 is 5.97 Å². The maximum Gasteiger partial charge on any atom is 0.306 e. The molecule has 0 aromatic carbocycles. The first kappa shape index (κ1) is 8.75. The average Bonchev–Trinajstić information content (AvgIpc) is 2.59. The zero-order valence-corrected chi connectivity index (χ0v) is 9.17. The zero-order chi connectivity index (χ0) is 10.1. The minimum Gasteiger partial charge on any atom is -0.461 e. The van der Waals surface area contributed by atoms with Crippen molar-refractivity contribution in [1.29, 1.82) is 0 Å². The zero-order valence-electron chi connectivity index (χ0n) is 9.17. The van der Waals surface area contributed by atoms with Gasteiger partial charge in [0.2, 0.25) is 0 Å². The molecule has 78 valence electrons. The molecular weight excluding hydrogens is 176 g/mol. The molecule has 0 amide bonds. The summed E-state index contributed by atoms with van der Waals surface area (Å²) in [5.74, 6) is 1.27. The van der Waals surface area contributed by atoms with Gasteiger partial charge < -0.3 is 4.74 Å². The lowest BCUT2D eigenvalue weighted by atomic mass is 9.70. The van der Waals surface area contributed by atoms with E-state index in [-0.39, 0.29) is 17.5 Å². The van der Waals surface area contributed by atoms with Gasteiger partial charge in [0.05, 0.1) is 6.42 Å². The number of esters is 1. The quantitative estimate of drug-likeness (QED) is 0.553. The number of rotatable bonds is 0. The summed E-state index contributed by atoms with van der Waals surface area (Å²) in [6.45, 7) is 7.03. The minimum atomic E-state index is 0.0358. The summed E-state index contributed by atoms with van der Waals surface area (Å²) >= 11 is 0. The van der Waals surface area contributed by atoms with Gasteiger partial charge in [0.1, 0.15) is 6.10 Å². The van der Waals surface area contributed by atoms with E-state index in [9.17, 15) is 4.79 Å². The van der Waals surface area contributed by atoms with Crippen molar-refractivity contribution in [3.63, 3.8) is 0 Å². The molecule has 0 aromatic heterocycles. The van der Waals surface area contributed by atoms with Gasteiger partial charge in [-0.05, 0) is 24.2 Å². The van der Waals surface area contributed by atoms with Crippen LogP contribution in [0.25, 0.3) is 0 Å². The third kappa shape index (κ3) is 0.697. The van der Waals surface area contributed by atoms with Gasteiger partial charge in [0, 0.05) is 11.3 Å². The standard InChI is InChI=1S/C12H18O2/c1-11(2)8-4-5-12(11,3)10-7(8)6-9(13)14-10/h7-8,10H,4-6H2,1-3H3. The smallest absolute Gasteiger partial charge is 0.306 e. The first-order valence-electron chi connectivity index (χ1n) is 5.66. The summed E-state index contributed by atoms with van der Waals surface area (Å²) < 4.78 is 5.52. The van der Waals surface area contributed by atoms with Crippen LogP contribution in [0.2, 0.25) is 0 Å². The van der Waals surface area contributed by atoms with E-state index in [1.165, 1.54) is 12.8 Å². The lowest BCUT2D eigenvalue weighted by Gasteiger charge is -2.37. The van der Waals surface area contributed by atoms with Crippen LogP contribution in [0.4, 0.5) is 0 Å². The van der Waals surface area contributed by atoms with Crippen molar-refractivity contribution in [3.8, 4) is 0 Å². The maximum absolute atomic E-state index is 11.3. The number of carbonyl (C=O) groups is 1. The minimum absolute atomic E-state index is 0.0358. The molecule has 3 rings (SSSR count). The summed E-state index contributed by atoms with van der Waals surface area (Å²) in [6.07, 6.45) is 3.43. The molecule has 0 N–H and O–H groups in total. The van der Waals surface area contributed by atoms with Crippen LogP contribution in [0.15, 0.2) is 0 Å². The number of fused-ring (bicyclic) bond motifs is 5. The molecule has 3 fully saturated rings. The lowest BCUT2D eigenvalue weighted by molar-refractivity contribution is -0.147. The van der Waals surface area contributed by atoms with Crippen molar-refractivity contribution in [3.05, 3.63) is 0 Å². The molecule has 0 aromatic rings. The normalized spacial score (nSPS) is 53.4. The second-order valence-electron chi connectivity index (χ2n) is 6.06. The Morgan fingerprint density at radius 2 is 2.07 bits per heavy atom. The van der Waals surface area contributed by atoms with Gasteiger partial charge in [-0.2, -0.15) is 0 Å². The number of carbonyl (C=O) groups excluding carboxylic acids is 1. The predicted octanol–water partition coefficient (Wildman–Crippen LogP) is 2.37. The van der Waals surface area contributed by atoms with Crippen LogP contribution in [0.5, 0.6) is 0 Å². The third-order valence-electron chi connectivity index (χ3n) is 5.57. The van der Waals surface area contributed by atoms with E-state index in [2.05, 4.69) is 20.8 Å². The summed E-state index contributed by atoms with van der Waals surface area (Å²) in [5, 5.41) is 0. The Labute approximate surface area is 85.0 Å². The SMILES string of the molecule is CC1(C)C2CCC1(C)C1OC(=O)CC21. The Morgan fingerprint density at radius 3 is 2.71 bits per heavy atom. The largest absolute Gasteiger partial charge is 0.461 e. The molecule has 2 saturated carbocycles. The fourth-order valence-corrected chi connectivity index (χ4v) is 4.35. The van der Waals surface area contributed by atoms with E-state index in [1.54, 1.807) is 0 Å². The van der Waals surface area contributed by atoms with Crippen molar-refractivity contribution in [2.24, 2.45) is 22.7 Å². The highest BCUT2D eigenvalue weighted by Gasteiger charge is 2.69. The summed E-state index contributed by atoms with van der Waals surface area (Å²) in [6, 6.07) is 0. The van der Waals surface area contributed by atoms with Crippen LogP contribution < -0.4 is 0 Å². The topological polar surface area (TPSA) is 26.3 Å². The Morgan fingerprint density at radius 1 is 1.36 bits per heavy atom. The predicted molar refractivity (Wildman–Crippen MR) is 52.6 cm³/mol. The Hall–Kier alpha value is -0.530. The van der Waals surface area contributed by atoms with Crippen LogP contribution >= 0.6 is 0 Å². The van der Waals surface area contributed by atoms with Crippen molar-refractivity contribution in [2.75, 3.05) is 0 Å². The number of hydrogen-bond donors (Lipinski definition) is 0. The first-order valence-corrected chi connectivity index (χ1v) is 5.66. The highest BCUT2D eigenvalue weighted by molar-refractivity contribution is 5.73. The third-order valence-corrected chi connectivity index (χ3v) is 5.57. The van der Waals surface area contributed by atoms with Crippen molar-refractivity contribution in [1.82, 2.24) is 0 Å². The van der Waals surface area contributed by atoms with Crippen LogP contribution in [-0.4, -0.2) is 12.1 Å². The van der Waals surface area contributed by atoms with Crippen LogP contribution in [0.1, 0.15) is 40.0 Å². The summed E-state index contributed by atoms with van der Waals surface area (Å²) in [7, 11) is 0. The van der Waals surface area contributed by atoms with E-state index in [4.69, 9.17) is 4.74 Å². The highest BCUT2D eigenvalue weighted by atomic mass is 16.6. The van der Waals surface area contributed by atoms with E-state index in [0.29, 0.717) is 23.7 Å². The second kappa shape index (κ2) is 2.17. The average molecular weight is 194 g/mol. The Balaban J connectivity index is 2.06. The van der Waals surface area contributed by atoms with Gasteiger partial charge in [-0.1, -0.05) is 20.8 Å². The number of ether oxygens (including phenoxy) is 1. The maximum atomic E-state index is 11.3. The Kier molecular flexibility index (Phi) is 1.36.